The van der Waals surface area contributed by atoms with Crippen molar-refractivity contribution in [1.29, 1.82) is 0 Å². The number of carbonyl (C=O) groups excluding carboxylic acids is 1. The van der Waals surface area contributed by atoms with Crippen LogP contribution in [-0.4, -0.2) is 22.8 Å². The van der Waals surface area contributed by atoms with Gasteiger partial charge in [0.15, 0.2) is 0 Å². The number of para-hydroxylation sites is 1. The molecule has 0 aliphatic heterocycles. The monoisotopic (exact) mass is 278 g/mol. The number of hydrogen-bond donors (Lipinski definition) is 0. The molecule has 0 aliphatic carbocycles. The quantitative estimate of drug-likeness (QED) is 0.867. The van der Waals surface area contributed by atoms with Gasteiger partial charge in [-0.05, 0) is 19.9 Å². The number of benzene rings is 1. The Hall–Kier alpha value is -1.81. The average molecular weight is 279 g/mol. The van der Waals surface area contributed by atoms with Gasteiger partial charge in [-0.15, -0.1) is 0 Å². The van der Waals surface area contributed by atoms with Crippen molar-refractivity contribution in [2.75, 3.05) is 7.11 Å². The van der Waals surface area contributed by atoms with Gasteiger partial charge in [-0.1, -0.05) is 29.8 Å². The van der Waals surface area contributed by atoms with Crippen LogP contribution in [0.4, 0.5) is 0 Å². The van der Waals surface area contributed by atoms with Gasteiger partial charge in [-0.25, -0.2) is 4.68 Å². The van der Waals surface area contributed by atoms with Crippen molar-refractivity contribution in [3.05, 3.63) is 46.2 Å². The minimum atomic E-state index is -0.128. The van der Waals surface area contributed by atoms with Gasteiger partial charge in [0.05, 0.1) is 29.9 Å². The molecule has 1 aromatic heterocycles. The Balaban J connectivity index is 2.28. The summed E-state index contributed by atoms with van der Waals surface area (Å²) >= 11 is 6.04. The highest BCUT2D eigenvalue weighted by molar-refractivity contribution is 6.32. The predicted octanol–water partition coefficient (Wildman–Crippen LogP) is 3.04. The maximum Gasteiger partial charge on any atom is 0.251 e. The van der Waals surface area contributed by atoms with Crippen LogP contribution in [0.5, 0.6) is 5.75 Å². The van der Waals surface area contributed by atoms with Crippen LogP contribution >= 0.6 is 11.6 Å². The lowest BCUT2D eigenvalue weighted by Gasteiger charge is -2.08. The highest BCUT2D eigenvalue weighted by Crippen LogP contribution is 2.21. The standard InChI is InChI=1S/C14H15ClN2O2/c1-9-14(15)10(2)17(16-9)13(18)8-11-6-4-5-7-12(11)19-3/h4-7H,8H2,1-3H3. The molecular weight excluding hydrogens is 264 g/mol. The van der Waals surface area contributed by atoms with E-state index < -0.39 is 0 Å². The van der Waals surface area contributed by atoms with E-state index >= 15 is 0 Å². The largest absolute Gasteiger partial charge is 0.496 e. The Morgan fingerprint density at radius 1 is 1.37 bits per heavy atom. The lowest BCUT2D eigenvalue weighted by molar-refractivity contribution is 0.0894. The van der Waals surface area contributed by atoms with Crippen LogP contribution in [0.25, 0.3) is 0 Å². The van der Waals surface area contributed by atoms with Crippen molar-refractivity contribution in [3.63, 3.8) is 0 Å². The molecule has 1 aromatic carbocycles. The van der Waals surface area contributed by atoms with Gasteiger partial charge in [0.1, 0.15) is 5.75 Å². The van der Waals surface area contributed by atoms with Crippen LogP contribution in [0.3, 0.4) is 0 Å². The summed E-state index contributed by atoms with van der Waals surface area (Å²) in [5.41, 5.74) is 2.16. The SMILES string of the molecule is COc1ccccc1CC(=O)n1nc(C)c(Cl)c1C. The van der Waals surface area contributed by atoms with E-state index in [0.29, 0.717) is 22.2 Å². The molecule has 5 heteroatoms. The van der Waals surface area contributed by atoms with E-state index in [1.165, 1.54) is 4.68 Å². The summed E-state index contributed by atoms with van der Waals surface area (Å²) < 4.78 is 6.58. The summed E-state index contributed by atoms with van der Waals surface area (Å²) in [7, 11) is 1.59. The third-order valence-corrected chi connectivity index (χ3v) is 3.52. The molecule has 2 aromatic rings. The van der Waals surface area contributed by atoms with Crippen LogP contribution in [-0.2, 0) is 6.42 Å². The first-order valence-corrected chi connectivity index (χ1v) is 6.29. The number of methoxy groups -OCH3 is 1. The van der Waals surface area contributed by atoms with Gasteiger partial charge in [0.25, 0.3) is 5.91 Å². The Morgan fingerprint density at radius 3 is 2.63 bits per heavy atom. The van der Waals surface area contributed by atoms with Crippen LogP contribution < -0.4 is 4.74 Å². The highest BCUT2D eigenvalue weighted by Gasteiger charge is 2.16. The number of rotatable bonds is 3. The number of aryl methyl sites for hydroxylation is 1. The first-order chi connectivity index (χ1) is 9.04. The summed E-state index contributed by atoms with van der Waals surface area (Å²) in [5.74, 6) is 0.570. The van der Waals surface area contributed by atoms with Crippen molar-refractivity contribution in [2.45, 2.75) is 20.3 Å². The van der Waals surface area contributed by atoms with Gasteiger partial charge in [-0.3, -0.25) is 4.79 Å². The molecule has 19 heavy (non-hydrogen) atoms. The maximum atomic E-state index is 12.3. The van der Waals surface area contributed by atoms with E-state index in [0.717, 1.165) is 5.56 Å². The summed E-state index contributed by atoms with van der Waals surface area (Å²) in [5, 5.41) is 4.69. The number of carbonyl (C=O) groups is 1. The molecule has 0 spiro atoms. The molecule has 100 valence electrons. The van der Waals surface area contributed by atoms with Gasteiger partial charge in [-0.2, -0.15) is 5.10 Å². The molecule has 0 fully saturated rings. The minimum absolute atomic E-state index is 0.128. The topological polar surface area (TPSA) is 44.1 Å². The fraction of sp³-hybridized carbons (Fsp3) is 0.286. The van der Waals surface area contributed by atoms with E-state index in [9.17, 15) is 4.79 Å². The lowest BCUT2D eigenvalue weighted by Crippen LogP contribution is -2.17. The fourth-order valence-electron chi connectivity index (χ4n) is 1.95. The zero-order valence-electron chi connectivity index (χ0n) is 11.1. The summed E-state index contributed by atoms with van der Waals surface area (Å²) in [6, 6.07) is 7.44. The molecule has 4 nitrogen and oxygen atoms in total. The van der Waals surface area contributed by atoms with E-state index in [1.54, 1.807) is 21.0 Å². The Labute approximate surface area is 116 Å². The zero-order chi connectivity index (χ0) is 14.0. The Morgan fingerprint density at radius 2 is 2.05 bits per heavy atom. The third-order valence-electron chi connectivity index (χ3n) is 2.97. The van der Waals surface area contributed by atoms with Gasteiger partial charge in [0, 0.05) is 5.56 Å². The maximum absolute atomic E-state index is 12.3. The molecule has 0 amide bonds. The molecule has 0 atom stereocenters. The summed E-state index contributed by atoms with van der Waals surface area (Å²) in [6.45, 7) is 3.56. The molecule has 0 saturated carbocycles. The number of halogens is 1. The highest BCUT2D eigenvalue weighted by atomic mass is 35.5. The van der Waals surface area contributed by atoms with Crippen LogP contribution in [0.1, 0.15) is 21.7 Å². The molecule has 0 aliphatic rings. The van der Waals surface area contributed by atoms with Crippen molar-refractivity contribution in [3.8, 4) is 5.75 Å². The number of nitrogens with zero attached hydrogens (tertiary/aromatic N) is 2. The normalized spacial score (nSPS) is 10.5. The average Bonchev–Trinajstić information content (AvgIpc) is 2.67. The first kappa shape index (κ1) is 13.6. The second kappa shape index (κ2) is 5.45. The number of aromatic nitrogens is 2. The molecular formula is C14H15ClN2O2. The summed E-state index contributed by atoms with van der Waals surface area (Å²) in [6.07, 6.45) is 0.225. The molecule has 0 bridgehead atoms. The zero-order valence-corrected chi connectivity index (χ0v) is 11.9. The molecule has 0 unspecified atom stereocenters. The third kappa shape index (κ3) is 2.63. The van der Waals surface area contributed by atoms with Gasteiger partial charge in [0.2, 0.25) is 0 Å². The molecule has 0 radical (unpaired) electrons. The number of hydrogen-bond acceptors (Lipinski definition) is 3. The van der Waals surface area contributed by atoms with Gasteiger partial charge >= 0.3 is 0 Å². The first-order valence-electron chi connectivity index (χ1n) is 5.91. The second-order valence-corrected chi connectivity index (χ2v) is 4.66. The van der Waals surface area contributed by atoms with Gasteiger partial charge < -0.3 is 4.74 Å². The number of ether oxygens (including phenoxy) is 1. The molecule has 1 heterocycles. The summed E-state index contributed by atoms with van der Waals surface area (Å²) in [4.78, 5) is 12.3. The fourth-order valence-corrected chi connectivity index (χ4v) is 2.07. The molecule has 0 saturated heterocycles. The van der Waals surface area contributed by atoms with Crippen molar-refractivity contribution >= 4 is 17.5 Å². The van der Waals surface area contributed by atoms with E-state index in [4.69, 9.17) is 16.3 Å². The second-order valence-electron chi connectivity index (χ2n) is 4.28. The van der Waals surface area contributed by atoms with E-state index in [1.807, 2.05) is 24.3 Å². The lowest BCUT2D eigenvalue weighted by atomic mass is 10.1. The van der Waals surface area contributed by atoms with Crippen molar-refractivity contribution in [2.24, 2.45) is 0 Å². The van der Waals surface area contributed by atoms with Crippen LogP contribution in [0, 0.1) is 13.8 Å². The van der Waals surface area contributed by atoms with E-state index in [2.05, 4.69) is 5.10 Å². The van der Waals surface area contributed by atoms with Crippen LogP contribution in [0.15, 0.2) is 24.3 Å². The van der Waals surface area contributed by atoms with E-state index in [-0.39, 0.29) is 12.3 Å². The van der Waals surface area contributed by atoms with Crippen molar-refractivity contribution < 1.29 is 9.53 Å². The smallest absolute Gasteiger partial charge is 0.251 e. The van der Waals surface area contributed by atoms with Crippen molar-refractivity contribution in [1.82, 2.24) is 9.78 Å². The van der Waals surface area contributed by atoms with Crippen LogP contribution in [0.2, 0.25) is 5.02 Å². The minimum Gasteiger partial charge on any atom is -0.496 e. The predicted molar refractivity (Wildman–Crippen MR) is 74.0 cm³/mol. The molecule has 2 rings (SSSR count). The Kier molecular flexibility index (Phi) is 3.90. The Bertz CT molecular complexity index is 620. The molecule has 0 N–H and O–H groups in total.